The Bertz CT molecular complexity index is 635. The molecule has 0 saturated heterocycles. The number of nitrogens with one attached hydrogen (secondary N) is 3. The van der Waals surface area contributed by atoms with Crippen molar-refractivity contribution in [2.24, 2.45) is 0 Å². The first kappa shape index (κ1) is 16.6. The van der Waals surface area contributed by atoms with E-state index in [4.69, 9.17) is 0 Å². The maximum Gasteiger partial charge on any atom is 0.320 e. The fraction of sp³-hybridized carbons (Fsp3) is 0.294. The summed E-state index contributed by atoms with van der Waals surface area (Å²) in [6.07, 6.45) is 1.69. The summed E-state index contributed by atoms with van der Waals surface area (Å²) in [5.74, 6) is 0.511. The Morgan fingerprint density at radius 1 is 1.04 bits per heavy atom. The molecule has 6 nitrogen and oxygen atoms in total. The number of urea groups is 1. The second kappa shape index (κ2) is 7.49. The highest BCUT2D eigenvalue weighted by Gasteiger charge is 2.04. The molecule has 0 bridgehead atoms. The summed E-state index contributed by atoms with van der Waals surface area (Å²) in [7, 11) is 4.01. The Labute approximate surface area is 136 Å². The van der Waals surface area contributed by atoms with Gasteiger partial charge >= 0.3 is 6.03 Å². The van der Waals surface area contributed by atoms with Crippen LogP contribution in [0.5, 0.6) is 0 Å². The zero-order valence-electron chi connectivity index (χ0n) is 13.9. The third-order valence-electron chi connectivity index (χ3n) is 3.10. The van der Waals surface area contributed by atoms with Crippen LogP contribution in [0.25, 0.3) is 0 Å². The number of pyridine rings is 1. The molecule has 6 heteroatoms. The molecular formula is C17H23N5O. The van der Waals surface area contributed by atoms with Crippen molar-refractivity contribution < 1.29 is 4.79 Å². The second-order valence-electron chi connectivity index (χ2n) is 5.75. The van der Waals surface area contributed by atoms with Gasteiger partial charge in [-0.2, -0.15) is 0 Å². The van der Waals surface area contributed by atoms with Gasteiger partial charge in [-0.25, -0.2) is 9.78 Å². The molecule has 0 atom stereocenters. The summed E-state index contributed by atoms with van der Waals surface area (Å²) in [5, 5.41) is 8.71. The van der Waals surface area contributed by atoms with Crippen LogP contribution in [-0.2, 0) is 0 Å². The SMILES string of the molecule is CC(C)NC(=O)Nc1ccc(Nc2ccc(N(C)C)cc2)cn1. The van der Waals surface area contributed by atoms with E-state index in [1.165, 1.54) is 0 Å². The van der Waals surface area contributed by atoms with Gasteiger partial charge in [0.05, 0.1) is 11.9 Å². The summed E-state index contributed by atoms with van der Waals surface area (Å²) in [6, 6.07) is 11.6. The standard InChI is InChI=1S/C17H23N5O/c1-12(2)19-17(23)21-16-10-7-14(11-18-16)20-13-5-8-15(9-6-13)22(3)4/h5-12,20H,1-4H3,(H2,18,19,21,23). The molecule has 0 radical (unpaired) electrons. The Kier molecular flexibility index (Phi) is 5.41. The van der Waals surface area contributed by atoms with Gasteiger partial charge in [0, 0.05) is 31.5 Å². The van der Waals surface area contributed by atoms with Gasteiger partial charge in [0.2, 0.25) is 0 Å². The van der Waals surface area contributed by atoms with Gasteiger partial charge in [-0.05, 0) is 50.2 Å². The summed E-state index contributed by atoms with van der Waals surface area (Å²) in [4.78, 5) is 17.9. The number of hydrogen-bond acceptors (Lipinski definition) is 4. The summed E-state index contributed by atoms with van der Waals surface area (Å²) < 4.78 is 0. The molecule has 0 aliphatic heterocycles. The van der Waals surface area contributed by atoms with Crippen molar-refractivity contribution in [3.05, 3.63) is 42.6 Å². The van der Waals surface area contributed by atoms with Crippen LogP contribution in [0.2, 0.25) is 0 Å². The molecule has 0 saturated carbocycles. The number of carbonyl (C=O) groups is 1. The predicted octanol–water partition coefficient (Wildman–Crippen LogP) is 3.42. The number of aromatic nitrogens is 1. The molecule has 2 rings (SSSR count). The van der Waals surface area contributed by atoms with Crippen LogP contribution in [0.3, 0.4) is 0 Å². The zero-order chi connectivity index (χ0) is 16.8. The molecule has 1 heterocycles. The third-order valence-corrected chi connectivity index (χ3v) is 3.10. The maximum absolute atomic E-state index is 11.6. The van der Waals surface area contributed by atoms with Gasteiger partial charge < -0.3 is 15.5 Å². The van der Waals surface area contributed by atoms with Gasteiger partial charge in [-0.1, -0.05) is 0 Å². The highest BCUT2D eigenvalue weighted by Crippen LogP contribution is 2.20. The first-order valence-electron chi connectivity index (χ1n) is 7.52. The lowest BCUT2D eigenvalue weighted by molar-refractivity contribution is 0.250. The van der Waals surface area contributed by atoms with E-state index < -0.39 is 0 Å². The zero-order valence-corrected chi connectivity index (χ0v) is 13.9. The average Bonchev–Trinajstić information content (AvgIpc) is 2.49. The minimum absolute atomic E-state index is 0.0843. The number of nitrogens with zero attached hydrogens (tertiary/aromatic N) is 2. The summed E-state index contributed by atoms with van der Waals surface area (Å²) in [5.41, 5.74) is 2.98. The Morgan fingerprint density at radius 3 is 2.22 bits per heavy atom. The Morgan fingerprint density at radius 2 is 1.70 bits per heavy atom. The van der Waals surface area contributed by atoms with Crippen LogP contribution in [0.1, 0.15) is 13.8 Å². The number of benzene rings is 1. The van der Waals surface area contributed by atoms with Gasteiger partial charge in [0.25, 0.3) is 0 Å². The lowest BCUT2D eigenvalue weighted by Gasteiger charge is -2.13. The van der Waals surface area contributed by atoms with Crippen LogP contribution in [0.4, 0.5) is 27.7 Å². The molecule has 1 aromatic heterocycles. The highest BCUT2D eigenvalue weighted by molar-refractivity contribution is 5.88. The number of anilines is 4. The minimum Gasteiger partial charge on any atom is -0.378 e. The van der Waals surface area contributed by atoms with Crippen molar-refractivity contribution >= 4 is 28.9 Å². The molecule has 122 valence electrons. The topological polar surface area (TPSA) is 69.3 Å². The number of rotatable bonds is 5. The van der Waals surface area contributed by atoms with Gasteiger partial charge in [0.1, 0.15) is 5.82 Å². The number of amides is 2. The van der Waals surface area contributed by atoms with E-state index in [9.17, 15) is 4.79 Å². The quantitative estimate of drug-likeness (QED) is 0.791. The predicted molar refractivity (Wildman–Crippen MR) is 95.6 cm³/mol. The largest absolute Gasteiger partial charge is 0.378 e. The smallest absolute Gasteiger partial charge is 0.320 e. The average molecular weight is 313 g/mol. The maximum atomic E-state index is 11.6. The molecule has 0 aliphatic rings. The lowest BCUT2D eigenvalue weighted by atomic mass is 10.2. The highest BCUT2D eigenvalue weighted by atomic mass is 16.2. The molecule has 0 aliphatic carbocycles. The van der Waals surface area contributed by atoms with Gasteiger partial charge in [0.15, 0.2) is 0 Å². The monoisotopic (exact) mass is 313 g/mol. The summed E-state index contributed by atoms with van der Waals surface area (Å²) >= 11 is 0. The molecule has 23 heavy (non-hydrogen) atoms. The summed E-state index contributed by atoms with van der Waals surface area (Å²) in [6.45, 7) is 3.81. The molecular weight excluding hydrogens is 290 g/mol. The lowest BCUT2D eigenvalue weighted by Crippen LogP contribution is -2.34. The fourth-order valence-electron chi connectivity index (χ4n) is 1.97. The van der Waals surface area contributed by atoms with Crippen LogP contribution >= 0.6 is 0 Å². The molecule has 0 fully saturated rings. The van der Waals surface area contributed by atoms with E-state index in [1.807, 2.05) is 63.2 Å². The van der Waals surface area contributed by atoms with E-state index >= 15 is 0 Å². The van der Waals surface area contributed by atoms with Crippen molar-refractivity contribution in [2.75, 3.05) is 29.6 Å². The normalized spacial score (nSPS) is 10.3. The minimum atomic E-state index is -0.257. The fourth-order valence-corrected chi connectivity index (χ4v) is 1.97. The third kappa shape index (κ3) is 5.18. The molecule has 2 aromatic rings. The molecule has 0 unspecified atom stereocenters. The van der Waals surface area contributed by atoms with Gasteiger partial charge in [-0.3, -0.25) is 5.32 Å². The van der Waals surface area contributed by atoms with Crippen LogP contribution < -0.4 is 20.9 Å². The van der Waals surface area contributed by atoms with Crippen molar-refractivity contribution in [2.45, 2.75) is 19.9 Å². The molecule has 0 spiro atoms. The van der Waals surface area contributed by atoms with Crippen molar-refractivity contribution in [1.29, 1.82) is 0 Å². The number of carbonyl (C=O) groups excluding carboxylic acids is 1. The first-order valence-corrected chi connectivity index (χ1v) is 7.52. The van der Waals surface area contributed by atoms with E-state index in [-0.39, 0.29) is 12.1 Å². The van der Waals surface area contributed by atoms with Crippen LogP contribution in [0.15, 0.2) is 42.6 Å². The Hall–Kier alpha value is -2.76. The van der Waals surface area contributed by atoms with Crippen LogP contribution in [0, 0.1) is 0 Å². The van der Waals surface area contributed by atoms with E-state index in [0.717, 1.165) is 17.1 Å². The van der Waals surface area contributed by atoms with Crippen molar-refractivity contribution in [3.8, 4) is 0 Å². The van der Waals surface area contributed by atoms with E-state index in [1.54, 1.807) is 12.3 Å². The van der Waals surface area contributed by atoms with E-state index in [0.29, 0.717) is 5.82 Å². The van der Waals surface area contributed by atoms with Crippen molar-refractivity contribution in [1.82, 2.24) is 10.3 Å². The van der Waals surface area contributed by atoms with Crippen molar-refractivity contribution in [3.63, 3.8) is 0 Å². The molecule has 1 aromatic carbocycles. The Balaban J connectivity index is 1.95. The molecule has 3 N–H and O–H groups in total. The second-order valence-corrected chi connectivity index (χ2v) is 5.75. The van der Waals surface area contributed by atoms with Gasteiger partial charge in [-0.15, -0.1) is 0 Å². The first-order chi connectivity index (χ1) is 10.9. The van der Waals surface area contributed by atoms with E-state index in [2.05, 4.69) is 20.9 Å². The molecule has 2 amide bonds. The van der Waals surface area contributed by atoms with Crippen LogP contribution in [-0.4, -0.2) is 31.2 Å². The number of hydrogen-bond donors (Lipinski definition) is 3.